The Morgan fingerprint density at radius 3 is 2.78 bits per heavy atom. The number of amides is 2. The molecule has 5 heteroatoms. The van der Waals surface area contributed by atoms with Crippen LogP contribution >= 0.6 is 11.8 Å². The minimum Gasteiger partial charge on any atom is -0.319 e. The van der Waals surface area contributed by atoms with E-state index in [4.69, 9.17) is 0 Å². The molecule has 0 saturated heterocycles. The Bertz CT molecular complexity index is 633. The molecule has 2 amide bonds. The third-order valence-corrected chi connectivity index (χ3v) is 4.69. The van der Waals surface area contributed by atoms with Crippen LogP contribution in [0, 0.1) is 0 Å². The van der Waals surface area contributed by atoms with E-state index in [0.717, 1.165) is 11.4 Å². The Morgan fingerprint density at radius 2 is 2.13 bits per heavy atom. The lowest BCUT2D eigenvalue weighted by molar-refractivity contribution is 0.211. The van der Waals surface area contributed by atoms with Crippen LogP contribution in [0.25, 0.3) is 0 Å². The number of urea groups is 1. The number of thioether (sulfide) groups is 1. The maximum absolute atomic E-state index is 12.5. The quantitative estimate of drug-likeness (QED) is 0.845. The normalized spacial score (nSPS) is 11.8. The first kappa shape index (κ1) is 17.3. The molecule has 0 spiro atoms. The number of hydrogen-bond donors (Lipinski definition) is 1. The molecule has 4 nitrogen and oxygen atoms in total. The largest absolute Gasteiger partial charge is 0.322 e. The molecule has 2 aromatic rings. The van der Waals surface area contributed by atoms with E-state index in [2.05, 4.69) is 29.5 Å². The first-order valence-electron chi connectivity index (χ1n) is 7.72. The van der Waals surface area contributed by atoms with Gasteiger partial charge in [-0.05, 0) is 49.9 Å². The highest BCUT2D eigenvalue weighted by atomic mass is 32.2. The molecule has 0 fully saturated rings. The lowest BCUT2D eigenvalue weighted by Gasteiger charge is -2.21. The highest BCUT2D eigenvalue weighted by Gasteiger charge is 2.13. The van der Waals surface area contributed by atoms with Gasteiger partial charge in [0.25, 0.3) is 0 Å². The molecule has 1 atom stereocenters. The van der Waals surface area contributed by atoms with Gasteiger partial charge in [-0.15, -0.1) is 0 Å². The molecular formula is C18H23N3OS. The standard InChI is InChI=1S/C18H23N3OS/c1-4-21(13-17-9-5-6-11-19-17)18(22)20-16-10-7-8-15(12-16)14(2)23-3/h5-12,14H,4,13H2,1-3H3,(H,20,22)/t14-/m1/s1. The summed E-state index contributed by atoms with van der Waals surface area (Å²) in [7, 11) is 0. The predicted molar refractivity (Wildman–Crippen MR) is 97.7 cm³/mol. The zero-order chi connectivity index (χ0) is 16.7. The average Bonchev–Trinajstić information content (AvgIpc) is 2.60. The molecule has 0 unspecified atom stereocenters. The zero-order valence-electron chi connectivity index (χ0n) is 13.8. The van der Waals surface area contributed by atoms with Gasteiger partial charge in [-0.1, -0.05) is 18.2 Å². The predicted octanol–water partition coefficient (Wildman–Crippen LogP) is 4.56. The Balaban J connectivity index is 2.04. The molecule has 0 radical (unpaired) electrons. The molecule has 0 aliphatic carbocycles. The molecule has 1 aromatic heterocycles. The molecule has 2 rings (SSSR count). The molecule has 122 valence electrons. The summed E-state index contributed by atoms with van der Waals surface area (Å²) in [5.41, 5.74) is 2.92. The van der Waals surface area contributed by atoms with Crippen LogP contribution in [-0.4, -0.2) is 28.7 Å². The third kappa shape index (κ3) is 4.99. The van der Waals surface area contributed by atoms with Crippen LogP contribution in [0.4, 0.5) is 10.5 Å². The van der Waals surface area contributed by atoms with Crippen molar-refractivity contribution >= 4 is 23.5 Å². The van der Waals surface area contributed by atoms with E-state index >= 15 is 0 Å². The first-order valence-corrected chi connectivity index (χ1v) is 9.01. The van der Waals surface area contributed by atoms with Crippen molar-refractivity contribution in [3.8, 4) is 0 Å². The van der Waals surface area contributed by atoms with Gasteiger partial charge in [0.1, 0.15) is 0 Å². The number of carbonyl (C=O) groups excluding carboxylic acids is 1. The van der Waals surface area contributed by atoms with Gasteiger partial charge in [-0.3, -0.25) is 4.98 Å². The van der Waals surface area contributed by atoms with Crippen LogP contribution in [0.3, 0.4) is 0 Å². The van der Waals surface area contributed by atoms with Gasteiger partial charge in [0.05, 0.1) is 12.2 Å². The van der Waals surface area contributed by atoms with E-state index in [0.29, 0.717) is 18.3 Å². The lowest BCUT2D eigenvalue weighted by atomic mass is 10.1. The average molecular weight is 329 g/mol. The Kier molecular flexibility index (Phi) is 6.47. The monoisotopic (exact) mass is 329 g/mol. The van der Waals surface area contributed by atoms with Crippen molar-refractivity contribution in [2.45, 2.75) is 25.6 Å². The zero-order valence-corrected chi connectivity index (χ0v) is 14.6. The van der Waals surface area contributed by atoms with Crippen LogP contribution in [0.2, 0.25) is 0 Å². The van der Waals surface area contributed by atoms with Crippen molar-refractivity contribution in [2.75, 3.05) is 18.1 Å². The number of rotatable bonds is 6. The molecule has 1 N–H and O–H groups in total. The van der Waals surface area contributed by atoms with E-state index in [9.17, 15) is 4.79 Å². The van der Waals surface area contributed by atoms with E-state index in [-0.39, 0.29) is 6.03 Å². The number of carbonyl (C=O) groups is 1. The SMILES string of the molecule is CCN(Cc1ccccn1)C(=O)Nc1cccc([C@@H](C)SC)c1. The van der Waals surface area contributed by atoms with Crippen molar-refractivity contribution in [2.24, 2.45) is 0 Å². The Morgan fingerprint density at radius 1 is 1.30 bits per heavy atom. The molecule has 1 aromatic carbocycles. The van der Waals surface area contributed by atoms with Crippen LogP contribution in [0.1, 0.15) is 30.4 Å². The first-order chi connectivity index (χ1) is 11.1. The number of nitrogens with zero attached hydrogens (tertiary/aromatic N) is 2. The number of pyridine rings is 1. The smallest absolute Gasteiger partial charge is 0.319 e. The van der Waals surface area contributed by atoms with E-state index in [1.807, 2.05) is 43.3 Å². The number of benzene rings is 1. The van der Waals surface area contributed by atoms with Crippen molar-refractivity contribution in [3.63, 3.8) is 0 Å². The molecule has 0 aliphatic heterocycles. The van der Waals surface area contributed by atoms with Crippen molar-refractivity contribution in [3.05, 3.63) is 59.9 Å². The van der Waals surface area contributed by atoms with Gasteiger partial charge in [-0.2, -0.15) is 11.8 Å². The minimum absolute atomic E-state index is 0.105. The summed E-state index contributed by atoms with van der Waals surface area (Å²) in [6.45, 7) is 5.26. The molecular weight excluding hydrogens is 306 g/mol. The fraction of sp³-hybridized carbons (Fsp3) is 0.333. The number of nitrogens with one attached hydrogen (secondary N) is 1. The second-order valence-corrected chi connectivity index (χ2v) is 6.45. The summed E-state index contributed by atoms with van der Waals surface area (Å²) in [6.07, 6.45) is 3.83. The maximum atomic E-state index is 12.5. The topological polar surface area (TPSA) is 45.2 Å². The highest BCUT2D eigenvalue weighted by Crippen LogP contribution is 2.27. The number of hydrogen-bond acceptors (Lipinski definition) is 3. The van der Waals surface area contributed by atoms with Gasteiger partial charge in [0, 0.05) is 23.7 Å². The summed E-state index contributed by atoms with van der Waals surface area (Å²) >= 11 is 1.79. The fourth-order valence-corrected chi connectivity index (χ4v) is 2.64. The van der Waals surface area contributed by atoms with Gasteiger partial charge in [0.2, 0.25) is 0 Å². The van der Waals surface area contributed by atoms with Crippen LogP contribution in [-0.2, 0) is 6.54 Å². The Labute approximate surface area is 142 Å². The molecule has 1 heterocycles. The molecule has 0 saturated carbocycles. The highest BCUT2D eigenvalue weighted by molar-refractivity contribution is 7.98. The van der Waals surface area contributed by atoms with E-state index < -0.39 is 0 Å². The summed E-state index contributed by atoms with van der Waals surface area (Å²) in [6, 6.07) is 13.6. The molecule has 23 heavy (non-hydrogen) atoms. The summed E-state index contributed by atoms with van der Waals surface area (Å²) in [5.74, 6) is 0. The van der Waals surface area contributed by atoms with Crippen LogP contribution < -0.4 is 5.32 Å². The summed E-state index contributed by atoms with van der Waals surface area (Å²) in [4.78, 5) is 18.5. The van der Waals surface area contributed by atoms with Crippen molar-refractivity contribution < 1.29 is 4.79 Å². The summed E-state index contributed by atoms with van der Waals surface area (Å²) in [5, 5.41) is 3.39. The lowest BCUT2D eigenvalue weighted by Crippen LogP contribution is -2.34. The molecule has 0 aliphatic rings. The Hall–Kier alpha value is -2.01. The third-order valence-electron chi connectivity index (χ3n) is 3.71. The van der Waals surface area contributed by atoms with E-state index in [1.54, 1.807) is 22.9 Å². The fourth-order valence-electron chi connectivity index (χ4n) is 2.22. The van der Waals surface area contributed by atoms with Gasteiger partial charge in [-0.25, -0.2) is 4.79 Å². The van der Waals surface area contributed by atoms with E-state index in [1.165, 1.54) is 5.56 Å². The summed E-state index contributed by atoms with van der Waals surface area (Å²) < 4.78 is 0. The molecule has 0 bridgehead atoms. The van der Waals surface area contributed by atoms with Crippen LogP contribution in [0.5, 0.6) is 0 Å². The van der Waals surface area contributed by atoms with Crippen LogP contribution in [0.15, 0.2) is 48.7 Å². The van der Waals surface area contributed by atoms with Gasteiger partial charge < -0.3 is 10.2 Å². The second-order valence-electron chi connectivity index (χ2n) is 5.27. The second kappa shape index (κ2) is 8.58. The number of anilines is 1. The van der Waals surface area contributed by atoms with Crippen molar-refractivity contribution in [1.82, 2.24) is 9.88 Å². The van der Waals surface area contributed by atoms with Gasteiger partial charge in [0.15, 0.2) is 0 Å². The van der Waals surface area contributed by atoms with Gasteiger partial charge >= 0.3 is 6.03 Å². The minimum atomic E-state index is -0.105. The number of aromatic nitrogens is 1. The van der Waals surface area contributed by atoms with Crippen molar-refractivity contribution in [1.29, 1.82) is 0 Å². The maximum Gasteiger partial charge on any atom is 0.322 e.